The zero-order valence-corrected chi connectivity index (χ0v) is 11.8. The fourth-order valence-electron chi connectivity index (χ4n) is 2.26. The van der Waals surface area contributed by atoms with Crippen LogP contribution in [0.1, 0.15) is 29.3 Å². The molecule has 0 aliphatic carbocycles. The van der Waals surface area contributed by atoms with Crippen LogP contribution in [-0.2, 0) is 13.5 Å². The largest absolute Gasteiger partial charge is 0.339 e. The smallest absolute Gasteiger partial charge is 0.146 e. The van der Waals surface area contributed by atoms with Gasteiger partial charge in [0, 0.05) is 12.7 Å². The molecule has 1 N–H and O–H groups in total. The first-order valence-corrected chi connectivity index (χ1v) is 6.37. The van der Waals surface area contributed by atoms with Crippen LogP contribution in [0.25, 0.3) is 0 Å². The van der Waals surface area contributed by atoms with Crippen molar-refractivity contribution in [2.45, 2.75) is 27.2 Å². The van der Waals surface area contributed by atoms with E-state index in [1.165, 1.54) is 11.1 Å². The molecule has 0 atom stereocenters. The fraction of sp³-hybridized carbons (Fsp3) is 0.333. The van der Waals surface area contributed by atoms with Gasteiger partial charge in [0.1, 0.15) is 17.5 Å². The zero-order chi connectivity index (χ0) is 14.0. The van der Waals surface area contributed by atoms with Gasteiger partial charge in [0.15, 0.2) is 0 Å². The summed E-state index contributed by atoms with van der Waals surface area (Å²) in [7, 11) is 1.85. The van der Waals surface area contributed by atoms with Crippen LogP contribution in [0.15, 0.2) is 18.2 Å². The summed E-state index contributed by atoms with van der Waals surface area (Å²) in [5, 5.41) is 16.9. The lowest BCUT2D eigenvalue weighted by Crippen LogP contribution is -2.04. The molecule has 0 radical (unpaired) electrons. The Morgan fingerprint density at radius 1 is 1.37 bits per heavy atom. The SMILES string of the molecule is CCc1cccc(C)c1Nc1c(C#N)c(C)nn1C. The molecule has 2 rings (SSSR count). The molecular formula is C15H18N4. The Morgan fingerprint density at radius 2 is 2.11 bits per heavy atom. The van der Waals surface area contributed by atoms with Crippen molar-refractivity contribution < 1.29 is 0 Å². The van der Waals surface area contributed by atoms with Gasteiger partial charge >= 0.3 is 0 Å². The quantitative estimate of drug-likeness (QED) is 0.915. The Balaban J connectivity index is 2.51. The second kappa shape index (κ2) is 5.15. The van der Waals surface area contributed by atoms with E-state index in [-0.39, 0.29) is 0 Å². The minimum Gasteiger partial charge on any atom is -0.339 e. The number of rotatable bonds is 3. The molecule has 0 spiro atoms. The van der Waals surface area contributed by atoms with Crippen LogP contribution in [0.2, 0.25) is 0 Å². The molecule has 0 amide bonds. The molecule has 4 nitrogen and oxygen atoms in total. The molecule has 2 aromatic rings. The first kappa shape index (κ1) is 13.2. The summed E-state index contributed by atoms with van der Waals surface area (Å²) in [5.74, 6) is 0.754. The van der Waals surface area contributed by atoms with Crippen LogP contribution in [0, 0.1) is 25.2 Å². The fourth-order valence-corrected chi connectivity index (χ4v) is 2.26. The van der Waals surface area contributed by atoms with Crippen LogP contribution in [0.4, 0.5) is 11.5 Å². The molecule has 1 heterocycles. The van der Waals surface area contributed by atoms with E-state index in [1.54, 1.807) is 4.68 Å². The first-order valence-electron chi connectivity index (χ1n) is 6.37. The topological polar surface area (TPSA) is 53.6 Å². The molecule has 0 unspecified atom stereocenters. The van der Waals surface area contributed by atoms with E-state index in [4.69, 9.17) is 0 Å². The molecule has 98 valence electrons. The van der Waals surface area contributed by atoms with Gasteiger partial charge in [0.2, 0.25) is 0 Å². The molecular weight excluding hydrogens is 236 g/mol. The lowest BCUT2D eigenvalue weighted by atomic mass is 10.1. The summed E-state index contributed by atoms with van der Waals surface area (Å²) < 4.78 is 1.72. The van der Waals surface area contributed by atoms with Crippen molar-refractivity contribution in [2.24, 2.45) is 7.05 Å². The van der Waals surface area contributed by atoms with E-state index in [0.717, 1.165) is 23.6 Å². The van der Waals surface area contributed by atoms with Crippen LogP contribution >= 0.6 is 0 Å². The van der Waals surface area contributed by atoms with Crippen LogP contribution in [0.5, 0.6) is 0 Å². The summed E-state index contributed by atoms with van der Waals surface area (Å²) >= 11 is 0. The summed E-state index contributed by atoms with van der Waals surface area (Å²) in [6, 6.07) is 8.44. The molecule has 0 saturated carbocycles. The van der Waals surface area contributed by atoms with Crippen molar-refractivity contribution in [2.75, 3.05) is 5.32 Å². The number of para-hydroxylation sites is 1. The zero-order valence-electron chi connectivity index (χ0n) is 11.8. The Morgan fingerprint density at radius 3 is 2.74 bits per heavy atom. The number of nitriles is 1. The standard InChI is InChI=1S/C15H18N4/c1-5-12-8-6-7-10(2)14(12)17-15-13(9-16)11(3)18-19(15)4/h6-8,17H,5H2,1-4H3. The van der Waals surface area contributed by atoms with Gasteiger partial charge in [-0.1, -0.05) is 25.1 Å². The summed E-state index contributed by atoms with van der Waals surface area (Å²) in [6.07, 6.45) is 0.947. The monoisotopic (exact) mass is 254 g/mol. The van der Waals surface area contributed by atoms with Crippen LogP contribution in [0.3, 0.4) is 0 Å². The minimum absolute atomic E-state index is 0.604. The minimum atomic E-state index is 0.604. The third-order valence-corrected chi connectivity index (χ3v) is 3.32. The predicted octanol–water partition coefficient (Wildman–Crippen LogP) is 3.21. The van der Waals surface area contributed by atoms with E-state index in [1.807, 2.05) is 14.0 Å². The second-order valence-corrected chi connectivity index (χ2v) is 4.63. The number of hydrogen-bond acceptors (Lipinski definition) is 3. The van der Waals surface area contributed by atoms with Gasteiger partial charge in [-0.15, -0.1) is 0 Å². The van der Waals surface area contributed by atoms with E-state index in [0.29, 0.717) is 5.56 Å². The maximum Gasteiger partial charge on any atom is 0.146 e. The summed E-state index contributed by atoms with van der Waals surface area (Å²) in [6.45, 7) is 6.04. The average Bonchev–Trinajstić information content (AvgIpc) is 2.66. The van der Waals surface area contributed by atoms with Gasteiger partial charge in [-0.3, -0.25) is 4.68 Å². The maximum atomic E-state index is 9.24. The highest BCUT2D eigenvalue weighted by Crippen LogP contribution is 2.28. The number of hydrogen-bond donors (Lipinski definition) is 1. The van der Waals surface area contributed by atoms with Crippen LogP contribution in [-0.4, -0.2) is 9.78 Å². The number of aromatic nitrogens is 2. The lowest BCUT2D eigenvalue weighted by Gasteiger charge is -2.14. The second-order valence-electron chi connectivity index (χ2n) is 4.63. The highest BCUT2D eigenvalue weighted by molar-refractivity contribution is 5.69. The molecule has 1 aromatic heterocycles. The third-order valence-electron chi connectivity index (χ3n) is 3.32. The van der Waals surface area contributed by atoms with Crippen molar-refractivity contribution in [3.8, 4) is 6.07 Å². The Bertz CT molecular complexity index is 647. The predicted molar refractivity (Wildman–Crippen MR) is 76.5 cm³/mol. The van der Waals surface area contributed by atoms with Crippen molar-refractivity contribution in [1.82, 2.24) is 9.78 Å². The summed E-state index contributed by atoms with van der Waals surface area (Å²) in [4.78, 5) is 0. The van der Waals surface area contributed by atoms with Crippen molar-refractivity contribution in [3.63, 3.8) is 0 Å². The van der Waals surface area contributed by atoms with Gasteiger partial charge in [-0.05, 0) is 31.4 Å². The van der Waals surface area contributed by atoms with E-state index in [2.05, 4.69) is 48.5 Å². The van der Waals surface area contributed by atoms with Gasteiger partial charge in [-0.25, -0.2) is 0 Å². The Hall–Kier alpha value is -2.28. The van der Waals surface area contributed by atoms with Crippen molar-refractivity contribution >= 4 is 11.5 Å². The van der Waals surface area contributed by atoms with Gasteiger partial charge in [0.05, 0.1) is 5.69 Å². The molecule has 0 fully saturated rings. The molecule has 0 saturated heterocycles. The molecule has 1 aromatic carbocycles. The number of aryl methyl sites for hydroxylation is 4. The van der Waals surface area contributed by atoms with Gasteiger partial charge in [0.25, 0.3) is 0 Å². The van der Waals surface area contributed by atoms with E-state index < -0.39 is 0 Å². The lowest BCUT2D eigenvalue weighted by molar-refractivity contribution is 0.764. The van der Waals surface area contributed by atoms with E-state index in [9.17, 15) is 5.26 Å². The average molecular weight is 254 g/mol. The highest BCUT2D eigenvalue weighted by Gasteiger charge is 2.14. The molecule has 19 heavy (non-hydrogen) atoms. The van der Waals surface area contributed by atoms with Crippen molar-refractivity contribution in [1.29, 1.82) is 5.26 Å². The number of anilines is 2. The summed E-state index contributed by atoms with van der Waals surface area (Å²) in [5.41, 5.74) is 4.83. The van der Waals surface area contributed by atoms with Gasteiger partial charge in [-0.2, -0.15) is 10.4 Å². The molecule has 0 bridgehead atoms. The Labute approximate surface area is 113 Å². The molecule has 4 heteroatoms. The third kappa shape index (κ3) is 2.32. The first-order chi connectivity index (χ1) is 9.08. The van der Waals surface area contributed by atoms with Crippen molar-refractivity contribution in [3.05, 3.63) is 40.6 Å². The molecule has 0 aliphatic heterocycles. The normalized spacial score (nSPS) is 10.3. The van der Waals surface area contributed by atoms with E-state index >= 15 is 0 Å². The Kier molecular flexibility index (Phi) is 3.57. The highest BCUT2D eigenvalue weighted by atomic mass is 15.3. The maximum absolute atomic E-state index is 9.24. The number of benzene rings is 1. The number of nitrogens with zero attached hydrogens (tertiary/aromatic N) is 3. The van der Waals surface area contributed by atoms with Crippen LogP contribution < -0.4 is 5.32 Å². The molecule has 0 aliphatic rings. The van der Waals surface area contributed by atoms with Gasteiger partial charge < -0.3 is 5.32 Å². The number of nitrogens with one attached hydrogen (secondary N) is 1.